The molecule has 25 heavy (non-hydrogen) atoms. The van der Waals surface area contributed by atoms with Gasteiger partial charge in [0.1, 0.15) is 0 Å². The number of hydrogen-bond acceptors (Lipinski definition) is 0. The largest absolute Gasteiger partial charge is 0.0726 e. The Hall–Kier alpha value is -2.60. The van der Waals surface area contributed by atoms with Crippen molar-refractivity contribution in [3.63, 3.8) is 0 Å². The molecule has 0 atom stereocenters. The predicted molar refractivity (Wildman–Crippen MR) is 109 cm³/mol. The van der Waals surface area contributed by atoms with Gasteiger partial charge in [-0.15, -0.1) is 0 Å². The maximum atomic E-state index is 2.38. The first-order valence-electron chi connectivity index (χ1n) is 9.28. The van der Waals surface area contributed by atoms with Crippen molar-refractivity contribution in [3.8, 4) is 0 Å². The highest BCUT2D eigenvalue weighted by Crippen LogP contribution is 2.29. The van der Waals surface area contributed by atoms with Crippen molar-refractivity contribution in [2.24, 2.45) is 0 Å². The third kappa shape index (κ3) is 3.58. The maximum absolute atomic E-state index is 2.38. The predicted octanol–water partition coefficient (Wildman–Crippen LogP) is 6.75. The summed E-state index contributed by atoms with van der Waals surface area (Å²) in [6, 6.07) is 24.5. The monoisotopic (exact) mass is 324 g/mol. The summed E-state index contributed by atoms with van der Waals surface area (Å²) in [7, 11) is 0. The molecular weight excluding hydrogens is 300 g/mol. The number of aryl methyl sites for hydroxylation is 1. The van der Waals surface area contributed by atoms with Crippen LogP contribution in [-0.2, 0) is 12.8 Å². The van der Waals surface area contributed by atoms with Crippen molar-refractivity contribution >= 4 is 16.3 Å². The molecule has 3 aromatic rings. The fourth-order valence-corrected chi connectivity index (χ4v) is 3.67. The number of rotatable bonds is 5. The van der Waals surface area contributed by atoms with E-state index >= 15 is 0 Å². The Bertz CT molecular complexity index is 939. The number of hydrogen-bond donors (Lipinski definition) is 0. The Morgan fingerprint density at radius 3 is 2.36 bits per heavy atom. The second-order valence-corrected chi connectivity index (χ2v) is 6.97. The minimum absolute atomic E-state index is 1.04. The molecule has 1 aliphatic carbocycles. The minimum Gasteiger partial charge on any atom is -0.0726 e. The first kappa shape index (κ1) is 15.9. The van der Waals surface area contributed by atoms with Crippen LogP contribution < -0.4 is 0 Å². The molecule has 0 N–H and O–H groups in total. The Balaban J connectivity index is 1.49. The second-order valence-electron chi connectivity index (χ2n) is 6.97. The van der Waals surface area contributed by atoms with Gasteiger partial charge in [-0.05, 0) is 52.3 Å². The highest BCUT2D eigenvalue weighted by Gasteiger charge is 2.10. The molecule has 3 aromatic carbocycles. The van der Waals surface area contributed by atoms with Gasteiger partial charge in [0.25, 0.3) is 0 Å². The number of allylic oxidation sites excluding steroid dienone is 4. The zero-order valence-corrected chi connectivity index (χ0v) is 14.8. The Labute approximate surface area is 150 Å². The summed E-state index contributed by atoms with van der Waals surface area (Å²) in [5.41, 5.74) is 7.05. The molecule has 0 saturated carbocycles. The van der Waals surface area contributed by atoms with Crippen molar-refractivity contribution in [1.29, 1.82) is 0 Å². The lowest BCUT2D eigenvalue weighted by Crippen LogP contribution is -1.88. The van der Waals surface area contributed by atoms with Gasteiger partial charge in [-0.1, -0.05) is 97.8 Å². The molecule has 0 aliphatic heterocycles. The fraction of sp³-hybridized carbons (Fsp3) is 0.200. The lowest BCUT2D eigenvalue weighted by Gasteiger charge is -2.05. The molecule has 0 amide bonds. The van der Waals surface area contributed by atoms with E-state index in [1.807, 2.05) is 0 Å². The summed E-state index contributed by atoms with van der Waals surface area (Å²) in [6.07, 6.45) is 9.23. The molecule has 0 spiro atoms. The molecule has 0 heterocycles. The van der Waals surface area contributed by atoms with Gasteiger partial charge in [0.2, 0.25) is 0 Å². The van der Waals surface area contributed by atoms with E-state index in [-0.39, 0.29) is 0 Å². The average molecular weight is 324 g/mol. The summed E-state index contributed by atoms with van der Waals surface area (Å²) in [5.74, 6) is 0. The topological polar surface area (TPSA) is 0 Å². The van der Waals surface area contributed by atoms with Crippen molar-refractivity contribution in [2.75, 3.05) is 0 Å². The van der Waals surface area contributed by atoms with E-state index in [1.165, 1.54) is 51.5 Å². The van der Waals surface area contributed by atoms with Crippen molar-refractivity contribution in [3.05, 3.63) is 101 Å². The van der Waals surface area contributed by atoms with E-state index in [4.69, 9.17) is 0 Å². The zero-order chi connectivity index (χ0) is 17.1. The summed E-state index contributed by atoms with van der Waals surface area (Å²) in [5, 5.41) is 2.65. The standard InChI is InChI=1S/C25H24/c1-2-5-19-8-12-23(13-9-19)25-15-11-21(18-25)16-20-10-14-22-6-3-4-7-24(22)17-20/h3-4,6-10,12-15,17-18H,2,5,11,16H2,1H3. The van der Waals surface area contributed by atoms with Crippen LogP contribution in [0.3, 0.4) is 0 Å². The molecule has 0 aromatic heterocycles. The van der Waals surface area contributed by atoms with Gasteiger partial charge in [-0.25, -0.2) is 0 Å². The molecule has 124 valence electrons. The van der Waals surface area contributed by atoms with Crippen LogP contribution in [0, 0.1) is 0 Å². The van der Waals surface area contributed by atoms with Crippen LogP contribution >= 0.6 is 0 Å². The van der Waals surface area contributed by atoms with Crippen LogP contribution in [-0.4, -0.2) is 0 Å². The normalized spacial score (nSPS) is 13.8. The molecule has 0 nitrogen and oxygen atoms in total. The highest BCUT2D eigenvalue weighted by atomic mass is 14.1. The number of benzene rings is 3. The van der Waals surface area contributed by atoms with Crippen LogP contribution in [0.2, 0.25) is 0 Å². The zero-order valence-electron chi connectivity index (χ0n) is 14.8. The van der Waals surface area contributed by atoms with E-state index in [1.54, 1.807) is 0 Å². The van der Waals surface area contributed by atoms with Crippen LogP contribution in [0.25, 0.3) is 16.3 Å². The molecule has 0 fully saturated rings. The summed E-state index contributed by atoms with van der Waals surface area (Å²) in [4.78, 5) is 0. The Kier molecular flexibility index (Phi) is 4.52. The summed E-state index contributed by atoms with van der Waals surface area (Å²) < 4.78 is 0. The van der Waals surface area contributed by atoms with Crippen LogP contribution in [0.5, 0.6) is 0 Å². The molecule has 0 bridgehead atoms. The fourth-order valence-electron chi connectivity index (χ4n) is 3.67. The quantitative estimate of drug-likeness (QED) is 0.487. The average Bonchev–Trinajstić information content (AvgIpc) is 3.11. The molecule has 0 radical (unpaired) electrons. The molecule has 0 heteroatoms. The van der Waals surface area contributed by atoms with Gasteiger partial charge in [0.15, 0.2) is 0 Å². The second kappa shape index (κ2) is 7.11. The first-order valence-corrected chi connectivity index (χ1v) is 9.28. The molecular formula is C25H24. The summed E-state index contributed by atoms with van der Waals surface area (Å²) in [6.45, 7) is 2.23. The van der Waals surface area contributed by atoms with E-state index < -0.39 is 0 Å². The highest BCUT2D eigenvalue weighted by molar-refractivity contribution is 5.83. The lowest BCUT2D eigenvalue weighted by molar-refractivity contribution is 0.922. The molecule has 1 aliphatic rings. The van der Waals surface area contributed by atoms with Crippen LogP contribution in [0.15, 0.2) is 84.5 Å². The van der Waals surface area contributed by atoms with Crippen molar-refractivity contribution < 1.29 is 0 Å². The number of fused-ring (bicyclic) bond motifs is 1. The summed E-state index contributed by atoms with van der Waals surface area (Å²) >= 11 is 0. The molecule has 0 unspecified atom stereocenters. The van der Waals surface area contributed by atoms with Gasteiger partial charge in [-0.3, -0.25) is 0 Å². The molecule has 4 rings (SSSR count). The van der Waals surface area contributed by atoms with Crippen molar-refractivity contribution in [1.82, 2.24) is 0 Å². The van der Waals surface area contributed by atoms with Gasteiger partial charge >= 0.3 is 0 Å². The SMILES string of the molecule is CCCc1ccc(C2=CCC(Cc3ccc4ccccc4c3)=C2)cc1. The van der Waals surface area contributed by atoms with Gasteiger partial charge in [0, 0.05) is 0 Å². The third-order valence-corrected chi connectivity index (χ3v) is 5.01. The minimum atomic E-state index is 1.04. The lowest BCUT2D eigenvalue weighted by atomic mass is 10.00. The smallest absolute Gasteiger partial charge is 0.00604 e. The van der Waals surface area contributed by atoms with Gasteiger partial charge < -0.3 is 0 Å². The maximum Gasteiger partial charge on any atom is -0.00604 e. The van der Waals surface area contributed by atoms with Gasteiger partial charge in [-0.2, -0.15) is 0 Å². The van der Waals surface area contributed by atoms with E-state index in [2.05, 4.69) is 85.8 Å². The third-order valence-electron chi connectivity index (χ3n) is 5.01. The Morgan fingerprint density at radius 2 is 1.56 bits per heavy atom. The van der Waals surface area contributed by atoms with E-state index in [0.717, 1.165) is 12.8 Å². The first-order chi connectivity index (χ1) is 12.3. The van der Waals surface area contributed by atoms with E-state index in [9.17, 15) is 0 Å². The molecule has 0 saturated heterocycles. The van der Waals surface area contributed by atoms with Crippen LogP contribution in [0.4, 0.5) is 0 Å². The van der Waals surface area contributed by atoms with E-state index in [0.29, 0.717) is 0 Å². The van der Waals surface area contributed by atoms with Gasteiger partial charge in [0.05, 0.1) is 0 Å². The Morgan fingerprint density at radius 1 is 0.800 bits per heavy atom. The van der Waals surface area contributed by atoms with Crippen LogP contribution in [0.1, 0.15) is 36.5 Å². The van der Waals surface area contributed by atoms with Crippen molar-refractivity contribution in [2.45, 2.75) is 32.6 Å².